The summed E-state index contributed by atoms with van der Waals surface area (Å²) >= 11 is 0. The van der Waals surface area contributed by atoms with Gasteiger partial charge in [0.25, 0.3) is 0 Å². The number of sulfonamides is 1. The normalized spacial score (nSPS) is 12.6. The van der Waals surface area contributed by atoms with Gasteiger partial charge in [0.15, 0.2) is 0 Å². The van der Waals surface area contributed by atoms with E-state index in [4.69, 9.17) is 4.74 Å². The highest BCUT2D eigenvalue weighted by Crippen LogP contribution is 2.29. The number of methoxy groups -OCH3 is 1. The van der Waals surface area contributed by atoms with E-state index in [2.05, 4.69) is 5.32 Å². The first kappa shape index (κ1) is 27.2. The predicted molar refractivity (Wildman–Crippen MR) is 134 cm³/mol. The number of carbonyl (C=O) groups is 2. The van der Waals surface area contributed by atoms with Gasteiger partial charge in [-0.05, 0) is 52.3 Å². The van der Waals surface area contributed by atoms with Crippen molar-refractivity contribution in [1.29, 1.82) is 0 Å². The van der Waals surface area contributed by atoms with Gasteiger partial charge in [-0.25, -0.2) is 8.42 Å². The summed E-state index contributed by atoms with van der Waals surface area (Å²) in [6.45, 7) is 8.86. The first-order chi connectivity index (χ1) is 15.7. The molecule has 0 aliphatic rings. The molecule has 34 heavy (non-hydrogen) atoms. The molecule has 2 rings (SSSR count). The number of amides is 2. The maximum atomic E-state index is 13.6. The Morgan fingerprint density at radius 3 is 2.18 bits per heavy atom. The number of nitrogens with one attached hydrogen (secondary N) is 1. The Kier molecular flexibility index (Phi) is 8.72. The lowest BCUT2D eigenvalue weighted by Gasteiger charge is -2.33. The summed E-state index contributed by atoms with van der Waals surface area (Å²) in [7, 11) is -2.39. The van der Waals surface area contributed by atoms with E-state index in [9.17, 15) is 18.0 Å². The SMILES string of the molecule is COc1ccccc1N(CC(=O)N(Cc1ccc(C)cc1)[C@H](C)C(=O)NC(C)(C)C)S(C)(=O)=O. The first-order valence-corrected chi connectivity index (χ1v) is 12.9. The summed E-state index contributed by atoms with van der Waals surface area (Å²) < 4.78 is 31.7. The fourth-order valence-electron chi connectivity index (χ4n) is 3.38. The van der Waals surface area contributed by atoms with Gasteiger partial charge in [0, 0.05) is 12.1 Å². The zero-order chi connectivity index (χ0) is 25.7. The van der Waals surface area contributed by atoms with Crippen molar-refractivity contribution in [3.63, 3.8) is 0 Å². The minimum atomic E-state index is -3.83. The van der Waals surface area contributed by atoms with Gasteiger partial charge in [-0.1, -0.05) is 42.0 Å². The molecule has 2 amide bonds. The van der Waals surface area contributed by atoms with Crippen LogP contribution < -0.4 is 14.4 Å². The molecule has 0 aromatic heterocycles. The standard InChI is InChI=1S/C25H35N3O5S/c1-18-12-14-20(15-13-18)16-27(19(2)24(30)26-25(3,4)5)23(29)17-28(34(7,31)32)21-10-8-9-11-22(21)33-6/h8-15,19H,16-17H2,1-7H3,(H,26,30)/t19-/m1/s1. The Morgan fingerprint density at radius 2 is 1.65 bits per heavy atom. The number of aryl methyl sites for hydroxylation is 1. The maximum absolute atomic E-state index is 13.6. The van der Waals surface area contributed by atoms with Gasteiger partial charge < -0.3 is 15.0 Å². The second-order valence-electron chi connectivity index (χ2n) is 9.36. The third-order valence-electron chi connectivity index (χ3n) is 5.17. The summed E-state index contributed by atoms with van der Waals surface area (Å²) in [4.78, 5) is 27.9. The molecule has 0 spiro atoms. The quantitative estimate of drug-likeness (QED) is 0.584. The van der Waals surface area contributed by atoms with Crippen LogP contribution in [0.25, 0.3) is 0 Å². The molecule has 186 valence electrons. The van der Waals surface area contributed by atoms with Gasteiger partial charge in [-0.2, -0.15) is 0 Å². The predicted octanol–water partition coefficient (Wildman–Crippen LogP) is 3.10. The summed E-state index contributed by atoms with van der Waals surface area (Å²) in [6.07, 6.45) is 1.03. The van der Waals surface area contributed by atoms with Crippen LogP contribution >= 0.6 is 0 Å². The van der Waals surface area contributed by atoms with E-state index in [1.165, 1.54) is 12.0 Å². The highest BCUT2D eigenvalue weighted by atomic mass is 32.2. The number of rotatable bonds is 9. The summed E-state index contributed by atoms with van der Waals surface area (Å²) in [5.74, 6) is -0.506. The first-order valence-electron chi connectivity index (χ1n) is 11.0. The van der Waals surface area contributed by atoms with Crippen LogP contribution in [0.1, 0.15) is 38.8 Å². The van der Waals surface area contributed by atoms with Crippen LogP contribution in [-0.4, -0.2) is 56.6 Å². The Bertz CT molecular complexity index is 1110. The summed E-state index contributed by atoms with van der Waals surface area (Å²) in [5.41, 5.74) is 1.67. The average molecular weight is 490 g/mol. The molecule has 0 fully saturated rings. The lowest BCUT2D eigenvalue weighted by atomic mass is 10.1. The zero-order valence-corrected chi connectivity index (χ0v) is 21.8. The molecule has 1 N–H and O–H groups in total. The molecule has 2 aromatic carbocycles. The van der Waals surface area contributed by atoms with Crippen LogP contribution in [0.5, 0.6) is 5.75 Å². The number of nitrogens with zero attached hydrogens (tertiary/aromatic N) is 2. The zero-order valence-electron chi connectivity index (χ0n) is 21.0. The largest absolute Gasteiger partial charge is 0.495 e. The molecular weight excluding hydrogens is 454 g/mol. The highest BCUT2D eigenvalue weighted by Gasteiger charge is 2.32. The lowest BCUT2D eigenvalue weighted by molar-refractivity contribution is -0.140. The molecule has 0 aliphatic carbocycles. The van der Waals surface area contributed by atoms with Crippen molar-refractivity contribution in [2.24, 2.45) is 0 Å². The molecule has 8 nitrogen and oxygen atoms in total. The minimum absolute atomic E-state index is 0.154. The monoisotopic (exact) mass is 489 g/mol. The topological polar surface area (TPSA) is 96.0 Å². The third kappa shape index (κ3) is 7.48. The smallest absolute Gasteiger partial charge is 0.244 e. The number of para-hydroxylation sites is 2. The van der Waals surface area contributed by atoms with Crippen LogP contribution in [0, 0.1) is 6.92 Å². The van der Waals surface area contributed by atoms with Crippen molar-refractivity contribution < 1.29 is 22.7 Å². The summed E-state index contributed by atoms with van der Waals surface area (Å²) in [5, 5.41) is 2.90. The Balaban J connectivity index is 2.43. The van der Waals surface area contributed by atoms with Gasteiger partial charge in [0.05, 0.1) is 19.1 Å². The number of carbonyl (C=O) groups excluding carboxylic acids is 2. The number of hydrogen-bond donors (Lipinski definition) is 1. The van der Waals surface area contributed by atoms with Crippen molar-refractivity contribution in [2.75, 3.05) is 24.2 Å². The molecule has 0 saturated carbocycles. The van der Waals surface area contributed by atoms with E-state index < -0.39 is 34.1 Å². The molecule has 0 aliphatic heterocycles. The fraction of sp³-hybridized carbons (Fsp3) is 0.440. The van der Waals surface area contributed by atoms with Gasteiger partial charge in [-0.15, -0.1) is 0 Å². The average Bonchev–Trinajstić information content (AvgIpc) is 2.74. The van der Waals surface area contributed by atoms with Crippen LogP contribution in [0.3, 0.4) is 0 Å². The molecule has 2 aromatic rings. The van der Waals surface area contributed by atoms with E-state index in [0.29, 0.717) is 5.75 Å². The van der Waals surface area contributed by atoms with Crippen LogP contribution in [0.2, 0.25) is 0 Å². The Labute approximate surface area is 202 Å². The third-order valence-corrected chi connectivity index (χ3v) is 6.30. The van der Waals surface area contributed by atoms with Crippen molar-refractivity contribution in [1.82, 2.24) is 10.2 Å². The summed E-state index contributed by atoms with van der Waals surface area (Å²) in [6, 6.07) is 13.4. The van der Waals surface area contributed by atoms with Crippen molar-refractivity contribution >= 4 is 27.5 Å². The molecule has 1 atom stereocenters. The molecule has 0 unspecified atom stereocenters. The van der Waals surface area contributed by atoms with Gasteiger partial charge in [0.1, 0.15) is 18.3 Å². The van der Waals surface area contributed by atoms with Crippen molar-refractivity contribution in [3.8, 4) is 5.75 Å². The molecule has 0 bridgehead atoms. The van der Waals surface area contributed by atoms with E-state index >= 15 is 0 Å². The molecule has 9 heteroatoms. The van der Waals surface area contributed by atoms with Gasteiger partial charge >= 0.3 is 0 Å². The maximum Gasteiger partial charge on any atom is 0.244 e. The van der Waals surface area contributed by atoms with E-state index in [-0.39, 0.29) is 18.1 Å². The molecule has 0 saturated heterocycles. The van der Waals surface area contributed by atoms with Crippen molar-refractivity contribution in [3.05, 3.63) is 59.7 Å². The number of ether oxygens (including phenoxy) is 1. The van der Waals surface area contributed by atoms with E-state index in [1.54, 1.807) is 31.2 Å². The molecular formula is C25H35N3O5S. The van der Waals surface area contributed by atoms with E-state index in [0.717, 1.165) is 21.7 Å². The van der Waals surface area contributed by atoms with E-state index in [1.807, 2.05) is 52.0 Å². The van der Waals surface area contributed by atoms with Crippen LogP contribution in [0.15, 0.2) is 48.5 Å². The highest BCUT2D eigenvalue weighted by molar-refractivity contribution is 7.92. The minimum Gasteiger partial charge on any atom is -0.495 e. The Morgan fingerprint density at radius 1 is 1.06 bits per heavy atom. The van der Waals surface area contributed by atoms with Crippen LogP contribution in [-0.2, 0) is 26.2 Å². The fourth-order valence-corrected chi connectivity index (χ4v) is 4.23. The second kappa shape index (κ2) is 10.9. The molecule has 0 heterocycles. The second-order valence-corrected chi connectivity index (χ2v) is 11.3. The number of hydrogen-bond acceptors (Lipinski definition) is 5. The Hall–Kier alpha value is -3.07. The number of benzene rings is 2. The van der Waals surface area contributed by atoms with Gasteiger partial charge in [0.2, 0.25) is 21.8 Å². The van der Waals surface area contributed by atoms with Gasteiger partial charge in [-0.3, -0.25) is 13.9 Å². The van der Waals surface area contributed by atoms with Crippen LogP contribution in [0.4, 0.5) is 5.69 Å². The lowest BCUT2D eigenvalue weighted by Crippen LogP contribution is -2.54. The number of anilines is 1. The molecule has 0 radical (unpaired) electrons. The van der Waals surface area contributed by atoms with Crippen molar-refractivity contribution in [2.45, 2.75) is 52.7 Å².